The lowest BCUT2D eigenvalue weighted by Crippen LogP contribution is -2.30. The van der Waals surface area contributed by atoms with E-state index in [1.165, 1.54) is 23.5 Å². The Morgan fingerprint density at radius 3 is 2.65 bits per heavy atom. The molecule has 0 bridgehead atoms. The number of hydrogen-bond donors (Lipinski definition) is 1. The minimum atomic E-state index is -4.91. The van der Waals surface area contributed by atoms with Gasteiger partial charge in [0.15, 0.2) is 0 Å². The van der Waals surface area contributed by atoms with Crippen LogP contribution in [0.4, 0.5) is 18.9 Å². The van der Waals surface area contributed by atoms with Crippen LogP contribution in [0.2, 0.25) is 5.02 Å². The number of rotatable bonds is 6. The molecule has 31 heavy (non-hydrogen) atoms. The molecule has 0 saturated carbocycles. The molecule has 5 nitrogen and oxygen atoms in total. The summed E-state index contributed by atoms with van der Waals surface area (Å²) in [6, 6.07) is 9.67. The van der Waals surface area contributed by atoms with Crippen molar-refractivity contribution in [2.75, 3.05) is 11.6 Å². The molecule has 0 saturated heterocycles. The Morgan fingerprint density at radius 2 is 2.03 bits per heavy atom. The number of benzene rings is 2. The van der Waals surface area contributed by atoms with Gasteiger partial charge in [-0.25, -0.2) is 0 Å². The molecule has 0 aliphatic heterocycles. The van der Waals surface area contributed by atoms with Gasteiger partial charge in [0.05, 0.1) is 5.69 Å². The van der Waals surface area contributed by atoms with Crippen molar-refractivity contribution in [3.63, 3.8) is 0 Å². The predicted octanol–water partition coefficient (Wildman–Crippen LogP) is 6.57. The van der Waals surface area contributed by atoms with Crippen molar-refractivity contribution < 1.29 is 32.2 Å². The SMILES string of the molecule is C=CN(C(=O)C(c1csc2ccc(Cl)cc12)P(C)(=O)O)c1cccc(OC(F)(F)F)c1. The summed E-state index contributed by atoms with van der Waals surface area (Å²) in [6.07, 6.45) is -3.84. The van der Waals surface area contributed by atoms with Crippen LogP contribution in [-0.4, -0.2) is 23.8 Å². The van der Waals surface area contributed by atoms with E-state index in [4.69, 9.17) is 11.6 Å². The predicted molar refractivity (Wildman–Crippen MR) is 116 cm³/mol. The van der Waals surface area contributed by atoms with E-state index in [1.54, 1.807) is 23.6 Å². The van der Waals surface area contributed by atoms with Crippen LogP contribution >= 0.6 is 30.3 Å². The molecule has 1 N–H and O–H groups in total. The fourth-order valence-corrected chi connectivity index (χ4v) is 5.62. The molecule has 0 aliphatic rings. The highest BCUT2D eigenvalue weighted by molar-refractivity contribution is 7.58. The number of carbonyl (C=O) groups excluding carboxylic acids is 1. The van der Waals surface area contributed by atoms with E-state index in [2.05, 4.69) is 11.3 Å². The van der Waals surface area contributed by atoms with E-state index in [0.717, 1.165) is 34.6 Å². The van der Waals surface area contributed by atoms with Gasteiger partial charge in [0.1, 0.15) is 11.4 Å². The molecule has 1 heterocycles. The number of thiophene rings is 1. The maximum atomic E-state index is 13.4. The molecule has 3 rings (SSSR count). The summed E-state index contributed by atoms with van der Waals surface area (Å²) in [5.74, 6) is -1.37. The first-order valence-electron chi connectivity index (χ1n) is 8.69. The Bertz CT molecular complexity index is 1190. The fourth-order valence-electron chi connectivity index (χ4n) is 3.11. The Hall–Kier alpha value is -2.32. The lowest BCUT2D eigenvalue weighted by Gasteiger charge is -2.26. The van der Waals surface area contributed by atoms with Crippen LogP contribution in [0.15, 0.2) is 60.6 Å². The smallest absolute Gasteiger partial charge is 0.406 e. The van der Waals surface area contributed by atoms with Crippen molar-refractivity contribution in [2.45, 2.75) is 12.0 Å². The molecular formula is C20H16ClF3NO4PS. The third-order valence-corrected chi connectivity index (χ3v) is 7.00. The van der Waals surface area contributed by atoms with Gasteiger partial charge in [-0.15, -0.1) is 24.5 Å². The number of anilines is 1. The van der Waals surface area contributed by atoms with Crippen molar-refractivity contribution in [3.8, 4) is 5.75 Å². The molecule has 2 atom stereocenters. The second kappa shape index (κ2) is 8.67. The van der Waals surface area contributed by atoms with Crippen molar-refractivity contribution in [1.29, 1.82) is 0 Å². The van der Waals surface area contributed by atoms with Gasteiger partial charge >= 0.3 is 6.36 Å². The first-order chi connectivity index (χ1) is 14.4. The summed E-state index contributed by atoms with van der Waals surface area (Å²) in [5.41, 5.74) is -1.18. The Kier molecular flexibility index (Phi) is 6.53. The van der Waals surface area contributed by atoms with Gasteiger partial charge in [-0.1, -0.05) is 24.2 Å². The van der Waals surface area contributed by atoms with Gasteiger partial charge in [0.2, 0.25) is 13.3 Å². The molecule has 0 fully saturated rings. The maximum absolute atomic E-state index is 13.4. The average Bonchev–Trinajstić information content (AvgIpc) is 3.03. The van der Waals surface area contributed by atoms with Crippen LogP contribution in [0.25, 0.3) is 10.1 Å². The third kappa shape index (κ3) is 5.30. The van der Waals surface area contributed by atoms with Crippen LogP contribution in [0, 0.1) is 0 Å². The van der Waals surface area contributed by atoms with Gasteiger partial charge in [-0.2, -0.15) is 0 Å². The van der Waals surface area contributed by atoms with Gasteiger partial charge in [-0.05, 0) is 46.7 Å². The van der Waals surface area contributed by atoms with E-state index < -0.39 is 31.0 Å². The van der Waals surface area contributed by atoms with Crippen molar-refractivity contribution in [3.05, 3.63) is 71.2 Å². The zero-order chi connectivity index (χ0) is 23.0. The van der Waals surface area contributed by atoms with Crippen molar-refractivity contribution >= 4 is 52.0 Å². The second-order valence-corrected chi connectivity index (χ2v) is 10.4. The largest absolute Gasteiger partial charge is 0.573 e. The molecule has 164 valence electrons. The summed E-state index contributed by atoms with van der Waals surface area (Å²) in [5, 5.41) is 2.53. The summed E-state index contributed by atoms with van der Waals surface area (Å²) < 4.78 is 55.1. The lowest BCUT2D eigenvalue weighted by molar-refractivity contribution is -0.274. The van der Waals surface area contributed by atoms with Gasteiger partial charge in [0.25, 0.3) is 0 Å². The average molecular weight is 490 g/mol. The Labute approximate surface area is 184 Å². The van der Waals surface area contributed by atoms with Crippen molar-refractivity contribution in [2.24, 2.45) is 0 Å². The van der Waals surface area contributed by atoms with Crippen LogP contribution in [-0.2, 0) is 9.36 Å². The van der Waals surface area contributed by atoms with Gasteiger partial charge in [-0.3, -0.25) is 14.3 Å². The summed E-state index contributed by atoms with van der Waals surface area (Å²) in [7, 11) is -4.06. The molecular weight excluding hydrogens is 474 g/mol. The summed E-state index contributed by atoms with van der Waals surface area (Å²) in [6.45, 7) is 4.59. The lowest BCUT2D eigenvalue weighted by atomic mass is 10.1. The van der Waals surface area contributed by atoms with Crippen LogP contribution < -0.4 is 9.64 Å². The number of ether oxygens (including phenoxy) is 1. The summed E-state index contributed by atoms with van der Waals surface area (Å²) in [4.78, 5) is 24.7. The minimum Gasteiger partial charge on any atom is -0.406 e. The highest BCUT2D eigenvalue weighted by Gasteiger charge is 2.39. The topological polar surface area (TPSA) is 66.8 Å². The van der Waals surface area contributed by atoms with Gasteiger partial charge in [0, 0.05) is 28.7 Å². The van der Waals surface area contributed by atoms with E-state index in [0.29, 0.717) is 16.0 Å². The maximum Gasteiger partial charge on any atom is 0.573 e. The zero-order valence-corrected chi connectivity index (χ0v) is 18.4. The highest BCUT2D eigenvalue weighted by Crippen LogP contribution is 2.55. The third-order valence-electron chi connectivity index (χ3n) is 4.32. The zero-order valence-electron chi connectivity index (χ0n) is 16.0. The second-order valence-electron chi connectivity index (χ2n) is 6.61. The molecule has 2 unspecified atom stereocenters. The number of nitrogens with zero attached hydrogens (tertiary/aromatic N) is 1. The number of carbonyl (C=O) groups is 1. The number of fused-ring (bicyclic) bond motifs is 1. The molecule has 0 radical (unpaired) electrons. The van der Waals surface area contributed by atoms with E-state index in [-0.39, 0.29) is 5.69 Å². The number of alkyl halides is 3. The van der Waals surface area contributed by atoms with E-state index in [9.17, 15) is 27.4 Å². The number of halogens is 4. The number of hydrogen-bond acceptors (Lipinski definition) is 4. The van der Waals surface area contributed by atoms with E-state index >= 15 is 0 Å². The molecule has 0 spiro atoms. The van der Waals surface area contributed by atoms with Gasteiger partial charge < -0.3 is 9.63 Å². The highest BCUT2D eigenvalue weighted by atomic mass is 35.5. The van der Waals surface area contributed by atoms with Crippen LogP contribution in [0.5, 0.6) is 5.75 Å². The molecule has 1 aromatic heterocycles. The molecule has 2 aromatic carbocycles. The first kappa shape index (κ1) is 23.3. The van der Waals surface area contributed by atoms with E-state index in [1.807, 2.05) is 0 Å². The molecule has 1 amide bonds. The van der Waals surface area contributed by atoms with Crippen molar-refractivity contribution in [1.82, 2.24) is 0 Å². The van der Waals surface area contributed by atoms with Crippen LogP contribution in [0.3, 0.4) is 0 Å². The van der Waals surface area contributed by atoms with Crippen LogP contribution in [0.1, 0.15) is 11.2 Å². The Balaban J connectivity index is 2.07. The molecule has 3 aromatic rings. The fraction of sp³-hybridized carbons (Fsp3) is 0.150. The number of amides is 1. The monoisotopic (exact) mass is 489 g/mol. The minimum absolute atomic E-state index is 0.00207. The molecule has 0 aliphatic carbocycles. The first-order valence-corrected chi connectivity index (χ1v) is 12.1. The summed E-state index contributed by atoms with van der Waals surface area (Å²) >= 11 is 7.33. The molecule has 11 heteroatoms. The quantitative estimate of drug-likeness (QED) is 0.398. The normalized spacial score (nSPS) is 14.6. The Morgan fingerprint density at radius 1 is 1.32 bits per heavy atom. The standard InChI is InChI=1S/C20H16ClF3NO4PS/c1-3-25(13-5-4-6-14(10-13)29-20(22,23)24)19(26)18(30(2,27)28)16-11-31-17-8-7-12(21)9-15(16)17/h3-11,18H,1H2,2H3,(H,27,28).